The van der Waals surface area contributed by atoms with Gasteiger partial charge in [0.2, 0.25) is 0 Å². The maximum Gasteiger partial charge on any atom is 0.501 e. The summed E-state index contributed by atoms with van der Waals surface area (Å²) in [6.07, 6.45) is 0. The number of carbonyl (C=O) groups excluding carboxylic acids is 2. The zero-order valence-corrected chi connectivity index (χ0v) is 11.3. The van der Waals surface area contributed by atoms with Gasteiger partial charge < -0.3 is 4.74 Å². The van der Waals surface area contributed by atoms with Gasteiger partial charge in [0.15, 0.2) is 0 Å². The van der Waals surface area contributed by atoms with Crippen molar-refractivity contribution in [2.24, 2.45) is 0 Å². The molecule has 114 valence electrons. The van der Waals surface area contributed by atoms with E-state index in [2.05, 4.69) is 4.74 Å². The molecule has 0 fully saturated rings. The molecule has 0 atom stereocenters. The molecule has 3 rings (SSSR count). The molecule has 0 amide bonds. The largest absolute Gasteiger partial charge is 0.501 e. The Balaban J connectivity index is 2.25. The van der Waals surface area contributed by atoms with Gasteiger partial charge in [0, 0.05) is 0 Å². The van der Waals surface area contributed by atoms with Gasteiger partial charge in [0.05, 0.1) is 16.0 Å². The summed E-state index contributed by atoms with van der Waals surface area (Å²) in [7, 11) is -5.49. The first kappa shape index (κ1) is 14.5. The lowest BCUT2D eigenvalue weighted by Crippen LogP contribution is -2.23. The number of sulfone groups is 1. The molecule has 2 aromatic carbocycles. The van der Waals surface area contributed by atoms with Gasteiger partial charge in [-0.15, -0.1) is 0 Å². The summed E-state index contributed by atoms with van der Waals surface area (Å²) in [4.78, 5) is 21.9. The number of cyclic esters (lactones) is 2. The third kappa shape index (κ3) is 1.97. The Morgan fingerprint density at radius 3 is 1.95 bits per heavy atom. The summed E-state index contributed by atoms with van der Waals surface area (Å²) in [6, 6.07) is 5.12. The van der Waals surface area contributed by atoms with E-state index in [1.807, 2.05) is 0 Å². The van der Waals surface area contributed by atoms with E-state index < -0.39 is 32.2 Å². The predicted octanol–water partition coefficient (Wildman–Crippen LogP) is 2.44. The minimum Gasteiger partial charge on any atom is -0.386 e. The Morgan fingerprint density at radius 2 is 1.41 bits per heavy atom. The first-order valence-corrected chi connectivity index (χ1v) is 7.25. The molecule has 0 unspecified atom stereocenters. The highest BCUT2D eigenvalue weighted by molar-refractivity contribution is 7.92. The van der Waals surface area contributed by atoms with Crippen molar-refractivity contribution in [1.82, 2.24) is 0 Å². The molecule has 0 saturated heterocycles. The van der Waals surface area contributed by atoms with Crippen LogP contribution in [0.2, 0.25) is 0 Å². The van der Waals surface area contributed by atoms with Crippen LogP contribution < -0.4 is 0 Å². The lowest BCUT2D eigenvalue weighted by Gasteiger charge is -2.09. The lowest BCUT2D eigenvalue weighted by atomic mass is 10.0. The van der Waals surface area contributed by atoms with Gasteiger partial charge in [-0.1, -0.05) is 6.07 Å². The standard InChI is InChI=1S/C13H5F3O5S/c14-13(15,16)22(19,20)8-2-1-6-4-9-10(5-7(6)3-8)12(18)21-11(9)17/h1-5H. The van der Waals surface area contributed by atoms with E-state index in [4.69, 9.17) is 0 Å². The zero-order chi connectivity index (χ0) is 16.3. The maximum atomic E-state index is 12.5. The first-order valence-electron chi connectivity index (χ1n) is 5.77. The topological polar surface area (TPSA) is 77.5 Å². The predicted molar refractivity (Wildman–Crippen MR) is 66.9 cm³/mol. The van der Waals surface area contributed by atoms with E-state index in [-0.39, 0.29) is 16.5 Å². The third-order valence-corrected chi connectivity index (χ3v) is 4.67. The Kier molecular flexibility index (Phi) is 2.83. The van der Waals surface area contributed by atoms with Crippen LogP contribution in [0.25, 0.3) is 10.8 Å². The molecule has 0 spiro atoms. The normalized spacial score (nSPS) is 15.0. The van der Waals surface area contributed by atoms with Crippen molar-refractivity contribution in [2.75, 3.05) is 0 Å². The number of esters is 2. The number of benzene rings is 2. The fourth-order valence-corrected chi connectivity index (χ4v) is 2.91. The number of rotatable bonds is 1. The third-order valence-electron chi connectivity index (χ3n) is 3.19. The Labute approximate surface area is 121 Å². The summed E-state index contributed by atoms with van der Waals surface area (Å²) in [5, 5.41) is 0.391. The summed E-state index contributed by atoms with van der Waals surface area (Å²) >= 11 is 0. The number of alkyl halides is 3. The van der Waals surface area contributed by atoms with E-state index in [1.165, 1.54) is 6.07 Å². The van der Waals surface area contributed by atoms with Crippen molar-refractivity contribution in [3.63, 3.8) is 0 Å². The van der Waals surface area contributed by atoms with Gasteiger partial charge in [-0.3, -0.25) is 0 Å². The van der Waals surface area contributed by atoms with Crippen LogP contribution in [0.5, 0.6) is 0 Å². The molecule has 1 heterocycles. The van der Waals surface area contributed by atoms with Crippen molar-refractivity contribution in [1.29, 1.82) is 0 Å². The molecule has 0 radical (unpaired) electrons. The second-order valence-electron chi connectivity index (χ2n) is 4.53. The second-order valence-corrected chi connectivity index (χ2v) is 6.47. The van der Waals surface area contributed by atoms with Crippen molar-refractivity contribution < 1.29 is 35.9 Å². The highest BCUT2D eigenvalue weighted by Crippen LogP contribution is 2.33. The van der Waals surface area contributed by atoms with Gasteiger partial charge in [-0.05, 0) is 35.0 Å². The molecule has 5 nitrogen and oxygen atoms in total. The van der Waals surface area contributed by atoms with E-state index in [0.717, 1.165) is 24.3 Å². The van der Waals surface area contributed by atoms with Crippen LogP contribution in [0.4, 0.5) is 13.2 Å². The van der Waals surface area contributed by atoms with Crippen molar-refractivity contribution in [2.45, 2.75) is 10.4 Å². The van der Waals surface area contributed by atoms with Crippen molar-refractivity contribution in [3.8, 4) is 0 Å². The van der Waals surface area contributed by atoms with Gasteiger partial charge >= 0.3 is 17.4 Å². The SMILES string of the molecule is O=C1OC(=O)c2cc3cc(S(=O)(=O)C(F)(F)F)ccc3cc21. The van der Waals surface area contributed by atoms with Crippen LogP contribution in [0.1, 0.15) is 20.7 Å². The molecular formula is C13H5F3O5S. The number of carbonyl (C=O) groups is 2. The van der Waals surface area contributed by atoms with E-state index >= 15 is 0 Å². The summed E-state index contributed by atoms with van der Waals surface area (Å²) in [5.74, 6) is -1.78. The molecule has 1 aliphatic heterocycles. The van der Waals surface area contributed by atoms with Crippen LogP contribution >= 0.6 is 0 Å². The zero-order valence-electron chi connectivity index (χ0n) is 10.5. The van der Waals surface area contributed by atoms with Crippen LogP contribution in [0.3, 0.4) is 0 Å². The van der Waals surface area contributed by atoms with Crippen LogP contribution in [-0.2, 0) is 14.6 Å². The molecule has 2 aromatic rings. The smallest absolute Gasteiger partial charge is 0.386 e. The Morgan fingerprint density at radius 1 is 0.864 bits per heavy atom. The summed E-state index contributed by atoms with van der Waals surface area (Å²) < 4.78 is 64.8. The lowest BCUT2D eigenvalue weighted by molar-refractivity contribution is -0.0436. The van der Waals surface area contributed by atoms with E-state index in [0.29, 0.717) is 5.39 Å². The molecule has 0 N–H and O–H groups in total. The number of hydrogen-bond donors (Lipinski definition) is 0. The summed E-state index contributed by atoms with van der Waals surface area (Å²) in [5.41, 5.74) is -5.55. The summed E-state index contributed by atoms with van der Waals surface area (Å²) in [6.45, 7) is 0. The fraction of sp³-hybridized carbons (Fsp3) is 0.0769. The monoisotopic (exact) mass is 330 g/mol. The molecule has 0 aliphatic carbocycles. The minimum absolute atomic E-state index is 0.0103. The maximum absolute atomic E-state index is 12.5. The van der Waals surface area contributed by atoms with Crippen LogP contribution in [0.15, 0.2) is 35.2 Å². The highest BCUT2D eigenvalue weighted by atomic mass is 32.2. The number of halogens is 3. The van der Waals surface area contributed by atoms with Gasteiger partial charge in [-0.2, -0.15) is 13.2 Å². The first-order chi connectivity index (χ1) is 10.1. The molecule has 0 bridgehead atoms. The van der Waals surface area contributed by atoms with Crippen molar-refractivity contribution in [3.05, 3.63) is 41.5 Å². The molecular weight excluding hydrogens is 325 g/mol. The average molecular weight is 330 g/mol. The molecule has 0 aromatic heterocycles. The number of hydrogen-bond acceptors (Lipinski definition) is 5. The van der Waals surface area contributed by atoms with Gasteiger partial charge in [-0.25, -0.2) is 18.0 Å². The van der Waals surface area contributed by atoms with Crippen LogP contribution in [-0.4, -0.2) is 25.9 Å². The van der Waals surface area contributed by atoms with Gasteiger partial charge in [0.25, 0.3) is 9.84 Å². The highest BCUT2D eigenvalue weighted by Gasteiger charge is 2.46. The molecule has 0 saturated carbocycles. The van der Waals surface area contributed by atoms with Gasteiger partial charge in [0.1, 0.15) is 0 Å². The quantitative estimate of drug-likeness (QED) is 0.593. The number of fused-ring (bicyclic) bond motifs is 2. The molecule has 9 heteroatoms. The van der Waals surface area contributed by atoms with E-state index in [9.17, 15) is 31.2 Å². The minimum atomic E-state index is -5.49. The van der Waals surface area contributed by atoms with E-state index in [1.54, 1.807) is 0 Å². The molecule has 1 aliphatic rings. The average Bonchev–Trinajstić information content (AvgIpc) is 2.69. The van der Waals surface area contributed by atoms with Crippen molar-refractivity contribution >= 4 is 32.5 Å². The second kappa shape index (κ2) is 4.29. The number of ether oxygens (including phenoxy) is 1. The Hall–Kier alpha value is -2.42. The molecule has 22 heavy (non-hydrogen) atoms. The van der Waals surface area contributed by atoms with Crippen LogP contribution in [0, 0.1) is 0 Å². The Bertz CT molecular complexity index is 944. The fourth-order valence-electron chi connectivity index (χ4n) is 2.11.